The maximum atomic E-state index is 13.0. The van der Waals surface area contributed by atoms with Crippen LogP contribution in [0.4, 0.5) is 0 Å². The lowest BCUT2D eigenvalue weighted by Gasteiger charge is -2.21. The molecule has 19 heteroatoms. The molecule has 536 valence electrons. The second-order valence-electron chi connectivity index (χ2n) is 25.3. The van der Waals surface area contributed by atoms with Gasteiger partial charge in [0, 0.05) is 25.7 Å². The highest BCUT2D eigenvalue weighted by molar-refractivity contribution is 7.47. The summed E-state index contributed by atoms with van der Waals surface area (Å²) in [6.07, 6.45) is 57.8. The molecule has 0 heterocycles. The Labute approximate surface area is 554 Å². The molecule has 0 rings (SSSR count). The van der Waals surface area contributed by atoms with Gasteiger partial charge in [-0.1, -0.05) is 302 Å². The highest BCUT2D eigenvalue weighted by Crippen LogP contribution is 2.45. The highest BCUT2D eigenvalue weighted by atomic mass is 31.2. The number of hydrogen-bond acceptors (Lipinski definition) is 15. The first-order chi connectivity index (χ1) is 44.2. The van der Waals surface area contributed by atoms with Crippen LogP contribution in [-0.2, 0) is 65.4 Å². The fourth-order valence-electron chi connectivity index (χ4n) is 10.5. The van der Waals surface area contributed by atoms with Crippen molar-refractivity contribution in [3.05, 3.63) is 24.3 Å². The van der Waals surface area contributed by atoms with Crippen molar-refractivity contribution >= 4 is 39.5 Å². The van der Waals surface area contributed by atoms with Crippen LogP contribution < -0.4 is 0 Å². The first-order valence-corrected chi connectivity index (χ1v) is 40.1. The fourth-order valence-corrected chi connectivity index (χ4v) is 12.1. The van der Waals surface area contributed by atoms with Gasteiger partial charge in [0.05, 0.1) is 26.4 Å². The highest BCUT2D eigenvalue weighted by Gasteiger charge is 2.30. The third kappa shape index (κ3) is 66.0. The van der Waals surface area contributed by atoms with E-state index in [9.17, 15) is 43.2 Å². The van der Waals surface area contributed by atoms with Gasteiger partial charge in [0.1, 0.15) is 19.3 Å². The molecule has 2 unspecified atom stereocenters. The molecular weight excluding hydrogens is 1200 g/mol. The summed E-state index contributed by atoms with van der Waals surface area (Å²) in [4.78, 5) is 72.4. The van der Waals surface area contributed by atoms with E-state index in [-0.39, 0.29) is 25.7 Å². The van der Waals surface area contributed by atoms with Gasteiger partial charge in [-0.3, -0.25) is 37.3 Å². The van der Waals surface area contributed by atoms with E-state index in [1.807, 2.05) is 0 Å². The minimum Gasteiger partial charge on any atom is -0.462 e. The second-order valence-corrected chi connectivity index (χ2v) is 28.2. The average Bonchev–Trinajstić information content (AvgIpc) is 3.56. The molecule has 0 aliphatic rings. The van der Waals surface area contributed by atoms with Crippen LogP contribution >= 0.6 is 15.6 Å². The van der Waals surface area contributed by atoms with Crippen LogP contribution in [0.2, 0.25) is 0 Å². The minimum atomic E-state index is -4.96. The molecule has 5 atom stereocenters. The summed E-state index contributed by atoms with van der Waals surface area (Å²) in [6.45, 7) is 4.85. The number of esters is 4. The third-order valence-electron chi connectivity index (χ3n) is 16.2. The molecule has 0 saturated carbocycles. The molecule has 91 heavy (non-hydrogen) atoms. The van der Waals surface area contributed by atoms with Gasteiger partial charge in [0.25, 0.3) is 0 Å². The van der Waals surface area contributed by atoms with E-state index in [0.717, 1.165) is 116 Å². The number of carbonyl (C=O) groups is 4. The Balaban J connectivity index is 5.21. The zero-order valence-corrected chi connectivity index (χ0v) is 60.1. The molecule has 0 bridgehead atoms. The Morgan fingerprint density at radius 2 is 0.527 bits per heavy atom. The van der Waals surface area contributed by atoms with Crippen molar-refractivity contribution in [2.24, 2.45) is 0 Å². The topological polar surface area (TPSA) is 237 Å². The number of carbonyl (C=O) groups excluding carboxylic acids is 4. The van der Waals surface area contributed by atoms with Crippen LogP contribution in [0.15, 0.2) is 24.3 Å². The van der Waals surface area contributed by atoms with Gasteiger partial charge < -0.3 is 33.8 Å². The summed E-state index contributed by atoms with van der Waals surface area (Å²) >= 11 is 0. The van der Waals surface area contributed by atoms with E-state index in [0.29, 0.717) is 25.7 Å². The van der Waals surface area contributed by atoms with E-state index in [4.69, 9.17) is 37.0 Å². The number of aliphatic hydroxyl groups is 1. The maximum absolute atomic E-state index is 13.0. The van der Waals surface area contributed by atoms with Crippen molar-refractivity contribution in [1.82, 2.24) is 0 Å². The quantitative estimate of drug-likeness (QED) is 0.0169. The molecule has 0 aromatic heterocycles. The molecule has 0 aliphatic carbocycles. The van der Waals surface area contributed by atoms with Crippen LogP contribution in [0.1, 0.15) is 355 Å². The predicted octanol–water partition coefficient (Wildman–Crippen LogP) is 20.6. The summed E-state index contributed by atoms with van der Waals surface area (Å²) in [5.41, 5.74) is 0. The van der Waals surface area contributed by atoms with E-state index in [1.165, 1.54) is 161 Å². The van der Waals surface area contributed by atoms with Gasteiger partial charge >= 0.3 is 39.5 Å². The average molecular weight is 1340 g/mol. The zero-order valence-electron chi connectivity index (χ0n) is 58.3. The smallest absolute Gasteiger partial charge is 0.462 e. The standard InChI is InChI=1S/C72H136O17P2/c1-5-9-13-17-21-25-27-29-31-32-33-34-36-38-40-43-47-51-55-59-72(77)89-68(63-83-70(75)57-53-49-45-42-39-37-35-30-28-26-22-18-14-10-6-2)65-87-91(80,81)85-61-66(73)60-84-90(78,79)86-64-67(62-82-69(74)56-52-48-44-24-20-16-12-8-4)88-71(76)58-54-50-46-41-23-19-15-11-7-3/h26,28,30,35,66-68,73H,5-25,27,29,31-34,36-65H2,1-4H3,(H,78,79)(H,80,81)/b28-26-,35-30-/t66-,67+,68+/m0/s1. The third-order valence-corrected chi connectivity index (χ3v) is 18.1. The summed E-state index contributed by atoms with van der Waals surface area (Å²) in [5, 5.41) is 10.6. The number of aliphatic hydroxyl groups excluding tert-OH is 1. The molecule has 3 N–H and O–H groups in total. The number of phosphoric acid groups is 2. The maximum Gasteiger partial charge on any atom is 0.472 e. The first-order valence-electron chi connectivity index (χ1n) is 37.1. The number of unbranched alkanes of at least 4 members (excludes halogenated alkanes) is 42. The van der Waals surface area contributed by atoms with E-state index in [1.54, 1.807) is 0 Å². The number of allylic oxidation sites excluding steroid dienone is 4. The van der Waals surface area contributed by atoms with Crippen molar-refractivity contribution in [2.75, 3.05) is 39.6 Å². The monoisotopic (exact) mass is 1330 g/mol. The Bertz CT molecular complexity index is 1830. The Morgan fingerprint density at radius 3 is 0.802 bits per heavy atom. The molecule has 0 aliphatic heterocycles. The lowest BCUT2D eigenvalue weighted by Crippen LogP contribution is -2.30. The lowest BCUT2D eigenvalue weighted by molar-refractivity contribution is -0.161. The predicted molar refractivity (Wildman–Crippen MR) is 368 cm³/mol. The van der Waals surface area contributed by atoms with Crippen LogP contribution in [-0.4, -0.2) is 96.7 Å². The number of rotatable bonds is 71. The summed E-state index contributed by atoms with van der Waals surface area (Å²) in [6, 6.07) is 0. The normalized spacial score (nSPS) is 14.1. The second kappa shape index (κ2) is 66.2. The van der Waals surface area contributed by atoms with Crippen molar-refractivity contribution in [3.63, 3.8) is 0 Å². The van der Waals surface area contributed by atoms with Crippen molar-refractivity contribution < 1.29 is 80.2 Å². The molecule has 0 aromatic rings. The van der Waals surface area contributed by atoms with E-state index < -0.39 is 97.5 Å². The zero-order chi connectivity index (χ0) is 66.8. The molecule has 0 fully saturated rings. The van der Waals surface area contributed by atoms with Gasteiger partial charge in [0.2, 0.25) is 0 Å². The lowest BCUT2D eigenvalue weighted by atomic mass is 10.0. The van der Waals surface area contributed by atoms with Crippen molar-refractivity contribution in [3.8, 4) is 0 Å². The van der Waals surface area contributed by atoms with E-state index in [2.05, 4.69) is 52.0 Å². The summed E-state index contributed by atoms with van der Waals surface area (Å²) in [5.74, 6) is -2.15. The molecule has 0 saturated heterocycles. The van der Waals surface area contributed by atoms with Gasteiger partial charge in [-0.15, -0.1) is 0 Å². The number of ether oxygens (including phenoxy) is 4. The largest absolute Gasteiger partial charge is 0.472 e. The molecule has 0 amide bonds. The molecular formula is C72H136O17P2. The van der Waals surface area contributed by atoms with Gasteiger partial charge in [0.15, 0.2) is 12.2 Å². The molecule has 0 radical (unpaired) electrons. The summed E-state index contributed by atoms with van der Waals surface area (Å²) < 4.78 is 68.2. The molecule has 0 spiro atoms. The first kappa shape index (κ1) is 88.5. The van der Waals surface area contributed by atoms with Gasteiger partial charge in [-0.2, -0.15) is 0 Å². The molecule has 17 nitrogen and oxygen atoms in total. The van der Waals surface area contributed by atoms with E-state index >= 15 is 0 Å². The van der Waals surface area contributed by atoms with Crippen molar-refractivity contribution in [2.45, 2.75) is 373 Å². The molecule has 0 aromatic carbocycles. The van der Waals surface area contributed by atoms with Gasteiger partial charge in [-0.25, -0.2) is 9.13 Å². The fraction of sp³-hybridized carbons (Fsp3) is 0.889. The summed E-state index contributed by atoms with van der Waals surface area (Å²) in [7, 11) is -9.91. The van der Waals surface area contributed by atoms with Crippen LogP contribution in [0.5, 0.6) is 0 Å². The van der Waals surface area contributed by atoms with Crippen LogP contribution in [0.3, 0.4) is 0 Å². The Morgan fingerprint density at radius 1 is 0.308 bits per heavy atom. The SMILES string of the molecule is CCCCCC/C=C\C=C/CCCCCCCC(=O)OC[C@H](COP(=O)(O)OC[C@@H](O)COP(=O)(O)OC[C@@H](COC(=O)CCCCCCCCCC)OC(=O)CCCCCCCCCCC)OC(=O)CCCCCCCCCCCCCCCCCCCCC. The Kier molecular flexibility index (Phi) is 64.4. The van der Waals surface area contributed by atoms with Gasteiger partial charge in [-0.05, 0) is 51.4 Å². The van der Waals surface area contributed by atoms with Crippen LogP contribution in [0.25, 0.3) is 0 Å². The van der Waals surface area contributed by atoms with Crippen LogP contribution in [0, 0.1) is 0 Å². The Hall–Kier alpha value is -2.46. The minimum absolute atomic E-state index is 0.102. The van der Waals surface area contributed by atoms with Crippen molar-refractivity contribution in [1.29, 1.82) is 0 Å². The number of phosphoric ester groups is 2. The number of hydrogen-bond donors (Lipinski definition) is 3.